The molecule has 3 rings (SSSR count). The van der Waals surface area contributed by atoms with E-state index < -0.39 is 19.6 Å². The van der Waals surface area contributed by atoms with Gasteiger partial charge in [-0.1, -0.05) is 18.2 Å². The number of para-hydroxylation sites is 1. The van der Waals surface area contributed by atoms with E-state index in [9.17, 15) is 19.1 Å². The van der Waals surface area contributed by atoms with Crippen LogP contribution in [0.1, 0.15) is 27.1 Å². The number of carbonyl (C=O) groups excluding carboxylic acids is 1. The van der Waals surface area contributed by atoms with E-state index in [0.717, 1.165) is 17.5 Å². The van der Waals surface area contributed by atoms with Crippen LogP contribution in [0, 0.1) is 11.3 Å². The number of carbonyl (C=O) groups is 1. The first kappa shape index (κ1) is 23.7. The van der Waals surface area contributed by atoms with E-state index >= 15 is 0 Å². The third-order valence-corrected chi connectivity index (χ3v) is 5.09. The predicted molar refractivity (Wildman–Crippen MR) is 83.0 cm³/mol. The Hall–Kier alpha value is -0.340. The minimum Gasteiger partial charge on any atom is -0.795 e. The van der Waals surface area contributed by atoms with Gasteiger partial charge in [0.25, 0.3) is 0 Å². The fourth-order valence-corrected chi connectivity index (χ4v) is 3.76. The Morgan fingerprint density at radius 2 is 2.00 bits per heavy atom. The molecule has 122 valence electrons. The molecule has 2 heterocycles. The minimum atomic E-state index is -5.10. The molecule has 0 saturated carbocycles. The van der Waals surface area contributed by atoms with Gasteiger partial charge in [-0.25, -0.2) is 4.98 Å². The van der Waals surface area contributed by atoms with E-state index in [1.165, 1.54) is 11.4 Å². The predicted octanol–water partition coefficient (Wildman–Crippen LogP) is -5.46. The monoisotopic (exact) mass is 406 g/mol. The first-order valence-electron chi connectivity index (χ1n) is 6.61. The third kappa shape index (κ3) is 4.55. The summed E-state index contributed by atoms with van der Waals surface area (Å²) in [6.45, 7) is 0. The molecule has 0 saturated heterocycles. The molecule has 3 aromatic rings. The van der Waals surface area contributed by atoms with Crippen LogP contribution in [0.3, 0.4) is 0 Å². The number of hydrogen-bond donors (Lipinski definition) is 1. The third-order valence-electron chi connectivity index (χ3n) is 3.37. The number of nitriles is 1. The van der Waals surface area contributed by atoms with Gasteiger partial charge in [0.05, 0.1) is 22.8 Å². The van der Waals surface area contributed by atoms with Gasteiger partial charge in [0.15, 0.2) is 5.01 Å². The molecular formula is C14H9N4Na2O4PS. The van der Waals surface area contributed by atoms with Crippen LogP contribution < -0.4 is 74.6 Å². The van der Waals surface area contributed by atoms with Crippen molar-refractivity contribution in [2.75, 3.05) is 0 Å². The van der Waals surface area contributed by atoms with Crippen molar-refractivity contribution in [3.8, 4) is 6.07 Å². The topological polar surface area (TPSA) is 148 Å². The number of benzene rings is 1. The normalized spacial score (nSPS) is 11.9. The number of aromatic nitrogens is 2. The number of ketones is 1. The number of hydrogen-bond acceptors (Lipinski definition) is 8. The summed E-state index contributed by atoms with van der Waals surface area (Å²) in [7, 11) is -5.10. The summed E-state index contributed by atoms with van der Waals surface area (Å²) < 4.78 is 12.0. The van der Waals surface area contributed by atoms with Crippen LogP contribution in [0.4, 0.5) is 0 Å². The number of rotatable bonds is 4. The maximum atomic E-state index is 12.6. The van der Waals surface area contributed by atoms with Crippen molar-refractivity contribution in [2.45, 2.75) is 6.04 Å². The van der Waals surface area contributed by atoms with E-state index in [-0.39, 0.29) is 80.9 Å². The van der Waals surface area contributed by atoms with Gasteiger partial charge in [-0.3, -0.25) is 4.79 Å². The Balaban J connectivity index is 0.00000169. The van der Waals surface area contributed by atoms with E-state index in [0.29, 0.717) is 9.72 Å². The molecule has 0 spiro atoms. The number of fused-ring (bicyclic) bond motifs is 1. The van der Waals surface area contributed by atoms with Crippen LogP contribution in [0.15, 0.2) is 35.8 Å². The van der Waals surface area contributed by atoms with Gasteiger partial charge in [-0.05, 0) is 6.07 Å². The molecule has 0 bridgehead atoms. The Morgan fingerprint density at radius 3 is 2.62 bits per heavy atom. The van der Waals surface area contributed by atoms with Crippen molar-refractivity contribution in [3.05, 3.63) is 52.1 Å². The molecule has 0 aliphatic carbocycles. The average molecular weight is 406 g/mol. The fourth-order valence-electron chi connectivity index (χ4n) is 2.26. The maximum Gasteiger partial charge on any atom is 1.00 e. The van der Waals surface area contributed by atoms with Gasteiger partial charge in [0, 0.05) is 24.7 Å². The SMILES string of the molecule is N#CC(N)c1csc(C(=O)c2cn(P(=O)([O-])[O-])c3ccccc23)n1.[Na+].[Na+]. The molecule has 0 aliphatic heterocycles. The van der Waals surface area contributed by atoms with Crippen molar-refractivity contribution < 1.29 is 78.3 Å². The second-order valence-electron chi connectivity index (χ2n) is 4.89. The molecule has 2 aromatic heterocycles. The maximum absolute atomic E-state index is 12.6. The molecule has 1 atom stereocenters. The molecule has 0 amide bonds. The van der Waals surface area contributed by atoms with Crippen molar-refractivity contribution in [1.29, 1.82) is 5.26 Å². The molecule has 0 radical (unpaired) electrons. The van der Waals surface area contributed by atoms with Crippen molar-refractivity contribution >= 4 is 35.8 Å². The Kier molecular flexibility index (Phi) is 8.42. The molecule has 1 aromatic carbocycles. The molecule has 12 heteroatoms. The Labute approximate surface area is 196 Å². The summed E-state index contributed by atoms with van der Waals surface area (Å²) in [5, 5.41) is 10.7. The summed E-state index contributed by atoms with van der Waals surface area (Å²) in [6, 6.07) is 7.04. The van der Waals surface area contributed by atoms with Crippen LogP contribution in [0.25, 0.3) is 10.9 Å². The van der Waals surface area contributed by atoms with Crippen LogP contribution in [0.2, 0.25) is 0 Å². The summed E-state index contributed by atoms with van der Waals surface area (Å²) in [6.07, 6.45) is 0.999. The van der Waals surface area contributed by atoms with Crippen molar-refractivity contribution in [3.63, 3.8) is 0 Å². The fraction of sp³-hybridized carbons (Fsp3) is 0.0714. The number of nitrogens with zero attached hydrogens (tertiary/aromatic N) is 3. The van der Waals surface area contributed by atoms with Gasteiger partial charge in [0.2, 0.25) is 5.78 Å². The molecule has 8 nitrogen and oxygen atoms in total. The second-order valence-corrected chi connectivity index (χ2v) is 7.11. The van der Waals surface area contributed by atoms with Crippen LogP contribution in [-0.4, -0.2) is 15.1 Å². The average Bonchev–Trinajstić information content (AvgIpc) is 3.18. The van der Waals surface area contributed by atoms with Crippen molar-refractivity contribution in [1.82, 2.24) is 9.32 Å². The molecule has 2 N–H and O–H groups in total. The van der Waals surface area contributed by atoms with Crippen LogP contribution >= 0.6 is 19.1 Å². The van der Waals surface area contributed by atoms with E-state index in [2.05, 4.69) is 4.98 Å². The first-order chi connectivity index (χ1) is 11.3. The van der Waals surface area contributed by atoms with E-state index in [1.54, 1.807) is 18.2 Å². The smallest absolute Gasteiger partial charge is 0.795 e. The quantitative estimate of drug-likeness (QED) is 0.258. The van der Waals surface area contributed by atoms with Gasteiger partial charge in [0.1, 0.15) is 6.04 Å². The summed E-state index contributed by atoms with van der Waals surface area (Å²) in [5.74, 6) is -0.542. The Morgan fingerprint density at radius 1 is 1.35 bits per heavy atom. The number of thiazole rings is 1. The van der Waals surface area contributed by atoms with Gasteiger partial charge >= 0.3 is 59.1 Å². The zero-order valence-corrected chi connectivity index (χ0v) is 19.7. The standard InChI is InChI=1S/C14H11N4O4PS.2Na/c15-5-10(16)11-7-24-14(17-11)13(19)9-6-18(23(20,21)22)12-4-2-1-3-8(9)12;;/h1-4,6-7,10H,16H2,(H2,20,21,22);;/q;2*+1/p-2. The van der Waals surface area contributed by atoms with E-state index in [1.807, 2.05) is 6.07 Å². The van der Waals surface area contributed by atoms with Crippen LogP contribution in [-0.2, 0) is 4.57 Å². The molecule has 0 aliphatic rings. The summed E-state index contributed by atoms with van der Waals surface area (Å²) in [5.41, 5.74) is 5.97. The number of nitrogens with two attached hydrogens (primary N) is 1. The van der Waals surface area contributed by atoms with E-state index in [4.69, 9.17) is 11.0 Å². The Bertz CT molecular complexity index is 1040. The zero-order valence-electron chi connectivity index (χ0n) is 13.9. The molecule has 0 fully saturated rings. The first-order valence-corrected chi connectivity index (χ1v) is 8.98. The molecule has 26 heavy (non-hydrogen) atoms. The second kappa shape index (κ2) is 9.24. The van der Waals surface area contributed by atoms with Gasteiger partial charge in [-0.2, -0.15) is 5.26 Å². The summed E-state index contributed by atoms with van der Waals surface area (Å²) in [4.78, 5) is 39.5. The zero-order chi connectivity index (χ0) is 17.5. The van der Waals surface area contributed by atoms with Crippen LogP contribution in [0.5, 0.6) is 0 Å². The summed E-state index contributed by atoms with van der Waals surface area (Å²) >= 11 is 0.995. The van der Waals surface area contributed by atoms with Gasteiger partial charge in [-0.15, -0.1) is 11.3 Å². The largest absolute Gasteiger partial charge is 1.00 e. The molecule has 1 unspecified atom stereocenters. The van der Waals surface area contributed by atoms with Crippen molar-refractivity contribution in [2.24, 2.45) is 5.73 Å². The van der Waals surface area contributed by atoms with Gasteiger partial charge < -0.3 is 24.4 Å². The molecular weight excluding hydrogens is 397 g/mol. The minimum absolute atomic E-state index is 0.